The number of carbonyl (C=O) groups excluding carboxylic acids is 1. The predicted octanol–water partition coefficient (Wildman–Crippen LogP) is 1.18. The van der Waals surface area contributed by atoms with E-state index in [0.717, 1.165) is 10.2 Å². The second-order valence-corrected chi connectivity index (χ2v) is 4.83. The van der Waals surface area contributed by atoms with Crippen LogP contribution in [0.1, 0.15) is 12.0 Å². The molecule has 5 heteroatoms. The minimum atomic E-state index is 0.0842. The molecule has 1 aliphatic heterocycles. The van der Waals surface area contributed by atoms with Gasteiger partial charge in [-0.15, -0.1) is 0 Å². The third-order valence-corrected chi connectivity index (χ3v) is 3.18. The van der Waals surface area contributed by atoms with Crippen LogP contribution in [0.4, 0.5) is 0 Å². The zero-order valence-corrected chi connectivity index (χ0v) is 10.4. The predicted molar refractivity (Wildman–Crippen MR) is 62.5 cm³/mol. The van der Waals surface area contributed by atoms with Gasteiger partial charge in [0, 0.05) is 38.2 Å². The molecular formula is C11H13BrN2O2. The Labute approximate surface area is 102 Å². The molecule has 0 aliphatic carbocycles. The minimum Gasteiger partial charge on any atom is -0.396 e. The van der Waals surface area contributed by atoms with Crippen molar-refractivity contribution in [2.75, 3.05) is 13.2 Å². The topological polar surface area (TPSA) is 53.4 Å². The fourth-order valence-electron chi connectivity index (χ4n) is 1.85. The molecule has 1 saturated heterocycles. The van der Waals surface area contributed by atoms with Gasteiger partial charge >= 0.3 is 0 Å². The van der Waals surface area contributed by atoms with Gasteiger partial charge in [-0.05, 0) is 27.6 Å². The smallest absolute Gasteiger partial charge is 0.223 e. The van der Waals surface area contributed by atoms with Crippen molar-refractivity contribution in [3.8, 4) is 0 Å². The Bertz CT molecular complexity index is 380. The van der Waals surface area contributed by atoms with Crippen molar-refractivity contribution in [3.63, 3.8) is 0 Å². The molecule has 1 unspecified atom stereocenters. The first kappa shape index (κ1) is 11.5. The first-order valence-electron chi connectivity index (χ1n) is 5.18. The van der Waals surface area contributed by atoms with Crippen molar-refractivity contribution in [1.29, 1.82) is 0 Å². The molecule has 0 radical (unpaired) electrons. The van der Waals surface area contributed by atoms with Crippen LogP contribution in [0.2, 0.25) is 0 Å². The van der Waals surface area contributed by atoms with Gasteiger partial charge in [0.25, 0.3) is 0 Å². The first-order chi connectivity index (χ1) is 7.69. The van der Waals surface area contributed by atoms with Gasteiger partial charge in [-0.1, -0.05) is 6.07 Å². The summed E-state index contributed by atoms with van der Waals surface area (Å²) in [5.41, 5.74) is 1.01. The Morgan fingerprint density at radius 2 is 2.38 bits per heavy atom. The molecule has 1 atom stereocenters. The Morgan fingerprint density at radius 1 is 1.56 bits per heavy atom. The van der Waals surface area contributed by atoms with E-state index in [9.17, 15) is 4.79 Å². The van der Waals surface area contributed by atoms with Gasteiger partial charge in [0.2, 0.25) is 5.91 Å². The molecule has 16 heavy (non-hydrogen) atoms. The van der Waals surface area contributed by atoms with Crippen LogP contribution in [0, 0.1) is 5.92 Å². The average molecular weight is 285 g/mol. The van der Waals surface area contributed by atoms with Crippen LogP contribution in [0.5, 0.6) is 0 Å². The molecule has 0 saturated carbocycles. The lowest BCUT2D eigenvalue weighted by molar-refractivity contribution is -0.128. The van der Waals surface area contributed by atoms with Crippen molar-refractivity contribution < 1.29 is 9.90 Å². The maximum absolute atomic E-state index is 11.6. The van der Waals surface area contributed by atoms with E-state index in [2.05, 4.69) is 20.9 Å². The van der Waals surface area contributed by atoms with Gasteiger partial charge in [-0.25, -0.2) is 4.98 Å². The third kappa shape index (κ3) is 2.59. The van der Waals surface area contributed by atoms with Gasteiger partial charge in [0.05, 0.1) is 0 Å². The first-order valence-corrected chi connectivity index (χ1v) is 5.97. The standard InChI is InChI=1S/C11H13BrN2O2/c12-10-2-1-8(4-13-10)5-14-6-9(7-15)3-11(14)16/h1-2,4,9,15H,3,5-7H2. The largest absolute Gasteiger partial charge is 0.396 e. The fraction of sp³-hybridized carbons (Fsp3) is 0.455. The lowest BCUT2D eigenvalue weighted by Crippen LogP contribution is -2.25. The van der Waals surface area contributed by atoms with Crippen LogP contribution in [-0.2, 0) is 11.3 Å². The van der Waals surface area contributed by atoms with E-state index in [1.807, 2.05) is 12.1 Å². The molecule has 2 heterocycles. The summed E-state index contributed by atoms with van der Waals surface area (Å²) in [6.45, 7) is 1.31. The summed E-state index contributed by atoms with van der Waals surface area (Å²) >= 11 is 3.27. The number of nitrogens with zero attached hydrogens (tertiary/aromatic N) is 2. The van der Waals surface area contributed by atoms with Crippen LogP contribution in [-0.4, -0.2) is 34.0 Å². The number of halogens is 1. The van der Waals surface area contributed by atoms with E-state index in [1.54, 1.807) is 11.1 Å². The summed E-state index contributed by atoms with van der Waals surface area (Å²) in [6, 6.07) is 3.80. The molecular weight excluding hydrogens is 272 g/mol. The van der Waals surface area contributed by atoms with Crippen LogP contribution >= 0.6 is 15.9 Å². The van der Waals surface area contributed by atoms with Crippen molar-refractivity contribution in [3.05, 3.63) is 28.5 Å². The van der Waals surface area contributed by atoms with Crippen molar-refractivity contribution in [2.45, 2.75) is 13.0 Å². The van der Waals surface area contributed by atoms with Gasteiger partial charge in [0.15, 0.2) is 0 Å². The zero-order chi connectivity index (χ0) is 11.5. The number of aliphatic hydroxyl groups excluding tert-OH is 1. The SMILES string of the molecule is O=C1CC(CO)CN1Cc1ccc(Br)nc1. The molecule has 86 valence electrons. The third-order valence-electron chi connectivity index (χ3n) is 2.71. The monoisotopic (exact) mass is 284 g/mol. The Hall–Kier alpha value is -0.940. The van der Waals surface area contributed by atoms with E-state index < -0.39 is 0 Å². The highest BCUT2D eigenvalue weighted by atomic mass is 79.9. The van der Waals surface area contributed by atoms with Gasteiger partial charge in [-0.2, -0.15) is 0 Å². The minimum absolute atomic E-state index is 0.0842. The maximum atomic E-state index is 11.6. The lowest BCUT2D eigenvalue weighted by Gasteiger charge is -2.15. The highest BCUT2D eigenvalue weighted by molar-refractivity contribution is 9.10. The van der Waals surface area contributed by atoms with Gasteiger partial charge < -0.3 is 10.0 Å². The summed E-state index contributed by atoms with van der Waals surface area (Å²) in [4.78, 5) is 17.5. The number of aliphatic hydroxyl groups is 1. The normalized spacial score (nSPS) is 20.5. The summed E-state index contributed by atoms with van der Waals surface area (Å²) in [5, 5.41) is 9.01. The fourth-order valence-corrected chi connectivity index (χ4v) is 2.08. The molecule has 0 spiro atoms. The Balaban J connectivity index is 2.00. The average Bonchev–Trinajstić information content (AvgIpc) is 2.63. The van der Waals surface area contributed by atoms with Gasteiger partial charge in [0.1, 0.15) is 4.60 Å². The molecule has 1 aromatic heterocycles. The molecule has 1 amide bonds. The number of amides is 1. The molecule has 2 rings (SSSR count). The van der Waals surface area contributed by atoms with E-state index in [0.29, 0.717) is 19.5 Å². The van der Waals surface area contributed by atoms with Gasteiger partial charge in [-0.3, -0.25) is 4.79 Å². The number of hydrogen-bond donors (Lipinski definition) is 1. The molecule has 1 N–H and O–H groups in total. The molecule has 0 bridgehead atoms. The second-order valence-electron chi connectivity index (χ2n) is 4.02. The number of hydrogen-bond acceptors (Lipinski definition) is 3. The van der Waals surface area contributed by atoms with Crippen LogP contribution < -0.4 is 0 Å². The van der Waals surface area contributed by atoms with Crippen molar-refractivity contribution in [2.24, 2.45) is 5.92 Å². The van der Waals surface area contributed by atoms with Crippen molar-refractivity contribution in [1.82, 2.24) is 9.88 Å². The lowest BCUT2D eigenvalue weighted by atomic mass is 10.1. The maximum Gasteiger partial charge on any atom is 0.223 e. The van der Waals surface area contributed by atoms with Crippen LogP contribution in [0.25, 0.3) is 0 Å². The Kier molecular flexibility index (Phi) is 3.56. The molecule has 0 aromatic carbocycles. The summed E-state index contributed by atoms with van der Waals surface area (Å²) < 4.78 is 0.789. The van der Waals surface area contributed by atoms with Crippen molar-refractivity contribution >= 4 is 21.8 Å². The zero-order valence-electron chi connectivity index (χ0n) is 8.77. The molecule has 4 nitrogen and oxygen atoms in total. The highest BCUT2D eigenvalue weighted by Crippen LogP contribution is 2.19. The second kappa shape index (κ2) is 4.93. The van der Waals surface area contributed by atoms with E-state index >= 15 is 0 Å². The number of rotatable bonds is 3. The van der Waals surface area contributed by atoms with E-state index in [1.165, 1.54) is 0 Å². The molecule has 1 fully saturated rings. The molecule has 1 aromatic rings. The number of carbonyl (C=O) groups is 1. The number of aromatic nitrogens is 1. The van der Waals surface area contributed by atoms with Crippen LogP contribution in [0.3, 0.4) is 0 Å². The molecule has 1 aliphatic rings. The highest BCUT2D eigenvalue weighted by Gasteiger charge is 2.28. The summed E-state index contributed by atoms with van der Waals surface area (Å²) in [6.07, 6.45) is 2.21. The number of likely N-dealkylation sites (tertiary alicyclic amines) is 1. The van der Waals surface area contributed by atoms with Crippen LogP contribution in [0.15, 0.2) is 22.9 Å². The number of pyridine rings is 1. The van der Waals surface area contributed by atoms with E-state index in [-0.39, 0.29) is 18.4 Å². The Morgan fingerprint density at radius 3 is 2.94 bits per heavy atom. The quantitative estimate of drug-likeness (QED) is 0.849. The summed E-state index contributed by atoms with van der Waals surface area (Å²) in [7, 11) is 0. The summed E-state index contributed by atoms with van der Waals surface area (Å²) in [5.74, 6) is 0.206. The van der Waals surface area contributed by atoms with E-state index in [4.69, 9.17) is 5.11 Å².